The molecule has 0 aliphatic carbocycles. The summed E-state index contributed by atoms with van der Waals surface area (Å²) in [6.07, 6.45) is 6.35. The Hall–Kier alpha value is -2.87. The third kappa shape index (κ3) is 3.49. The Balaban J connectivity index is 1.68. The van der Waals surface area contributed by atoms with Gasteiger partial charge in [-0.25, -0.2) is 9.97 Å². The average molecular weight is 306 g/mol. The maximum Gasteiger partial charge on any atom is 0.158 e. The fraction of sp³-hybridized carbons (Fsp3) is 0.278. The molecule has 0 fully saturated rings. The summed E-state index contributed by atoms with van der Waals surface area (Å²) in [4.78, 5) is 10.5. The zero-order valence-corrected chi connectivity index (χ0v) is 13.1. The van der Waals surface area contributed by atoms with Gasteiger partial charge in [0.25, 0.3) is 0 Å². The molecule has 0 bridgehead atoms. The second kappa shape index (κ2) is 6.93. The minimum absolute atomic E-state index is 0.344. The number of ether oxygens (including phenoxy) is 1. The lowest BCUT2D eigenvalue weighted by Crippen LogP contribution is -2.29. The number of hydrogen-bond donors (Lipinski definition) is 0. The van der Waals surface area contributed by atoms with Gasteiger partial charge in [-0.2, -0.15) is 5.26 Å². The summed E-state index contributed by atoms with van der Waals surface area (Å²) in [6.45, 7) is 4.35. The highest BCUT2D eigenvalue weighted by atomic mass is 16.5. The molecule has 0 spiro atoms. The Morgan fingerprint density at radius 3 is 2.61 bits per heavy atom. The van der Waals surface area contributed by atoms with Gasteiger partial charge < -0.3 is 9.64 Å². The zero-order chi connectivity index (χ0) is 16.1. The quantitative estimate of drug-likeness (QED) is 0.869. The van der Waals surface area contributed by atoms with E-state index in [9.17, 15) is 0 Å². The van der Waals surface area contributed by atoms with E-state index in [1.54, 1.807) is 6.20 Å². The fourth-order valence-electron chi connectivity index (χ4n) is 2.61. The molecule has 0 N–H and O–H groups in total. The molecule has 5 nitrogen and oxygen atoms in total. The number of anilines is 1. The summed E-state index contributed by atoms with van der Waals surface area (Å²) in [5.41, 5.74) is 2.92. The van der Waals surface area contributed by atoms with E-state index in [4.69, 9.17) is 10.00 Å². The molecule has 1 aromatic heterocycles. The fourth-order valence-corrected chi connectivity index (χ4v) is 2.61. The number of rotatable bonds is 4. The first kappa shape index (κ1) is 15.0. The van der Waals surface area contributed by atoms with Crippen molar-refractivity contribution in [2.45, 2.75) is 13.3 Å². The van der Waals surface area contributed by atoms with Crippen molar-refractivity contribution in [3.63, 3.8) is 0 Å². The minimum atomic E-state index is 0.344. The van der Waals surface area contributed by atoms with E-state index in [1.165, 1.54) is 17.3 Å². The molecule has 0 radical (unpaired) electrons. The van der Waals surface area contributed by atoms with E-state index in [1.807, 2.05) is 25.1 Å². The van der Waals surface area contributed by atoms with Crippen LogP contribution in [0.1, 0.15) is 24.6 Å². The molecule has 23 heavy (non-hydrogen) atoms. The molecule has 5 heteroatoms. The van der Waals surface area contributed by atoms with Gasteiger partial charge >= 0.3 is 0 Å². The first-order chi connectivity index (χ1) is 11.3. The summed E-state index contributed by atoms with van der Waals surface area (Å²) in [6, 6.07) is 10.2. The number of nitrogens with zero attached hydrogens (tertiary/aromatic N) is 4. The molecule has 0 amide bonds. The molecule has 3 rings (SSSR count). The normalized spacial score (nSPS) is 14.1. The molecule has 2 heterocycles. The summed E-state index contributed by atoms with van der Waals surface area (Å²) in [7, 11) is 0. The minimum Gasteiger partial charge on any atom is -0.494 e. The van der Waals surface area contributed by atoms with Crippen molar-refractivity contribution in [1.82, 2.24) is 9.97 Å². The SMILES string of the molecule is CCOc1ccc(C2=CCN(c3cnc(C#N)cn3)CC2)cc1. The average Bonchev–Trinajstić information content (AvgIpc) is 2.63. The molecule has 0 saturated heterocycles. The van der Waals surface area contributed by atoms with E-state index >= 15 is 0 Å². The zero-order valence-electron chi connectivity index (χ0n) is 13.1. The Bertz CT molecular complexity index is 729. The highest BCUT2D eigenvalue weighted by molar-refractivity contribution is 5.68. The predicted octanol–water partition coefficient (Wildman–Crippen LogP) is 3.04. The Labute approximate surface area is 135 Å². The maximum absolute atomic E-state index is 8.77. The monoisotopic (exact) mass is 306 g/mol. The molecule has 0 saturated carbocycles. The topological polar surface area (TPSA) is 62.0 Å². The second-order valence-corrected chi connectivity index (χ2v) is 5.25. The van der Waals surface area contributed by atoms with Crippen molar-refractivity contribution in [1.29, 1.82) is 5.26 Å². The van der Waals surface area contributed by atoms with Crippen LogP contribution >= 0.6 is 0 Å². The van der Waals surface area contributed by atoms with Crippen molar-refractivity contribution >= 4 is 11.4 Å². The molecule has 116 valence electrons. The molecule has 1 aromatic carbocycles. The lowest BCUT2D eigenvalue weighted by Gasteiger charge is -2.27. The predicted molar refractivity (Wildman–Crippen MR) is 89.2 cm³/mol. The Morgan fingerprint density at radius 1 is 1.22 bits per heavy atom. The maximum atomic E-state index is 8.77. The molecular formula is C18H18N4O. The van der Waals surface area contributed by atoms with Crippen LogP contribution in [0.15, 0.2) is 42.7 Å². The summed E-state index contributed by atoms with van der Waals surface area (Å²) in [5.74, 6) is 1.72. The van der Waals surface area contributed by atoms with Crippen molar-refractivity contribution in [2.75, 3.05) is 24.6 Å². The van der Waals surface area contributed by atoms with E-state index in [2.05, 4.69) is 33.1 Å². The van der Waals surface area contributed by atoms with Crippen LogP contribution in [0.2, 0.25) is 0 Å². The summed E-state index contributed by atoms with van der Waals surface area (Å²) in [5, 5.41) is 8.77. The van der Waals surface area contributed by atoms with Gasteiger partial charge in [0, 0.05) is 13.1 Å². The van der Waals surface area contributed by atoms with Gasteiger partial charge in [0.05, 0.1) is 19.0 Å². The third-order valence-electron chi connectivity index (χ3n) is 3.82. The number of nitriles is 1. The van der Waals surface area contributed by atoms with Gasteiger partial charge in [-0.05, 0) is 36.6 Å². The molecule has 2 aromatic rings. The van der Waals surface area contributed by atoms with Crippen LogP contribution in [-0.2, 0) is 0 Å². The molecule has 1 aliphatic rings. The van der Waals surface area contributed by atoms with E-state index in [0.29, 0.717) is 12.3 Å². The van der Waals surface area contributed by atoms with Gasteiger partial charge in [0.15, 0.2) is 5.69 Å². The van der Waals surface area contributed by atoms with Gasteiger partial charge in [-0.15, -0.1) is 0 Å². The smallest absolute Gasteiger partial charge is 0.158 e. The van der Waals surface area contributed by atoms with Crippen LogP contribution in [-0.4, -0.2) is 29.7 Å². The Morgan fingerprint density at radius 2 is 2.04 bits per heavy atom. The van der Waals surface area contributed by atoms with Crippen LogP contribution in [0, 0.1) is 11.3 Å². The van der Waals surface area contributed by atoms with Crippen LogP contribution in [0.25, 0.3) is 5.57 Å². The Kier molecular flexibility index (Phi) is 4.53. The first-order valence-electron chi connectivity index (χ1n) is 7.69. The lowest BCUT2D eigenvalue weighted by atomic mass is 9.99. The standard InChI is InChI=1S/C18H18N4O/c1-2-23-17-5-3-14(4-6-17)15-7-9-22(10-8-15)18-13-20-16(11-19)12-21-18/h3-7,12-13H,2,8-10H2,1H3. The molecular weight excluding hydrogens is 288 g/mol. The van der Waals surface area contributed by atoms with Gasteiger partial charge in [-0.3, -0.25) is 0 Å². The van der Waals surface area contributed by atoms with Crippen LogP contribution in [0.3, 0.4) is 0 Å². The number of aromatic nitrogens is 2. The highest BCUT2D eigenvalue weighted by Crippen LogP contribution is 2.26. The van der Waals surface area contributed by atoms with Gasteiger partial charge in [-0.1, -0.05) is 18.2 Å². The molecule has 0 atom stereocenters. The highest BCUT2D eigenvalue weighted by Gasteiger charge is 2.14. The number of hydrogen-bond acceptors (Lipinski definition) is 5. The van der Waals surface area contributed by atoms with Gasteiger partial charge in [0.1, 0.15) is 17.6 Å². The second-order valence-electron chi connectivity index (χ2n) is 5.25. The van der Waals surface area contributed by atoms with Crippen molar-refractivity contribution in [3.8, 4) is 11.8 Å². The van der Waals surface area contributed by atoms with E-state index < -0.39 is 0 Å². The number of benzene rings is 1. The lowest BCUT2D eigenvalue weighted by molar-refractivity contribution is 0.340. The summed E-state index contributed by atoms with van der Waals surface area (Å²) < 4.78 is 5.48. The van der Waals surface area contributed by atoms with Crippen LogP contribution < -0.4 is 9.64 Å². The summed E-state index contributed by atoms with van der Waals surface area (Å²) >= 11 is 0. The molecule has 1 aliphatic heterocycles. The van der Waals surface area contributed by atoms with Crippen LogP contribution in [0.5, 0.6) is 5.75 Å². The largest absolute Gasteiger partial charge is 0.494 e. The van der Waals surface area contributed by atoms with Gasteiger partial charge in [0.2, 0.25) is 0 Å². The van der Waals surface area contributed by atoms with E-state index in [0.717, 1.165) is 31.1 Å². The van der Waals surface area contributed by atoms with Crippen molar-refractivity contribution < 1.29 is 4.74 Å². The van der Waals surface area contributed by atoms with E-state index in [-0.39, 0.29) is 0 Å². The first-order valence-corrected chi connectivity index (χ1v) is 7.69. The van der Waals surface area contributed by atoms with Crippen LogP contribution in [0.4, 0.5) is 5.82 Å². The molecule has 0 unspecified atom stereocenters. The third-order valence-corrected chi connectivity index (χ3v) is 3.82. The van der Waals surface area contributed by atoms with Crippen molar-refractivity contribution in [3.05, 3.63) is 54.0 Å². The van der Waals surface area contributed by atoms with Crippen molar-refractivity contribution in [2.24, 2.45) is 0 Å².